The lowest BCUT2D eigenvalue weighted by molar-refractivity contribution is -0.0286. The number of rotatable bonds is 3. The van der Waals surface area contributed by atoms with Gasteiger partial charge in [-0.3, -0.25) is 4.68 Å². The highest BCUT2D eigenvalue weighted by atomic mass is 16.5. The Morgan fingerprint density at radius 1 is 1.17 bits per heavy atom. The fraction of sp³-hybridized carbons (Fsp3) is 0.333. The summed E-state index contributed by atoms with van der Waals surface area (Å²) in [4.78, 5) is 13.3. The summed E-state index contributed by atoms with van der Waals surface area (Å²) in [6.45, 7) is 3.35. The number of pyridine rings is 1. The van der Waals surface area contributed by atoms with E-state index in [-0.39, 0.29) is 0 Å². The average molecular weight is 311 g/mol. The van der Waals surface area contributed by atoms with E-state index in [1.54, 1.807) is 12.4 Å². The Morgan fingerprint density at radius 3 is 2.70 bits per heavy atom. The van der Waals surface area contributed by atoms with Gasteiger partial charge in [-0.05, 0) is 6.42 Å². The molecule has 118 valence electrons. The molecule has 4 rings (SSSR count). The van der Waals surface area contributed by atoms with E-state index in [2.05, 4.69) is 20.1 Å². The Morgan fingerprint density at radius 2 is 2.00 bits per heavy atom. The minimum atomic E-state index is 0.291. The van der Waals surface area contributed by atoms with Gasteiger partial charge in [0.1, 0.15) is 16.9 Å². The summed E-state index contributed by atoms with van der Waals surface area (Å²) in [6.07, 6.45) is 6.14. The number of nitrogens with two attached hydrogens (primary N) is 2. The van der Waals surface area contributed by atoms with Crippen molar-refractivity contribution >= 4 is 22.7 Å². The standard InChI is InChI=1S/C15H17N7O/c1-2-11-14(16)21-12-10(4-18-15(17)13(12)20-11)8-3-19-22(5-8)9-6-23-7-9/h3-5,9H,2,6-7H2,1H3,(H2,16,21)(H2,17,18). The zero-order valence-corrected chi connectivity index (χ0v) is 12.7. The van der Waals surface area contributed by atoms with Crippen LogP contribution in [0.1, 0.15) is 18.7 Å². The summed E-state index contributed by atoms with van der Waals surface area (Å²) in [5.74, 6) is 0.775. The highest BCUT2D eigenvalue weighted by Crippen LogP contribution is 2.30. The van der Waals surface area contributed by atoms with Crippen LogP contribution in [-0.2, 0) is 11.2 Å². The molecule has 1 aliphatic heterocycles. The third-order valence-corrected chi connectivity index (χ3v) is 4.07. The SMILES string of the molecule is CCc1nc2c(N)ncc(-c3cnn(C4COC4)c3)c2nc1N. The maximum atomic E-state index is 6.01. The van der Waals surface area contributed by atoms with E-state index in [1.165, 1.54) is 0 Å². The molecule has 3 aromatic heterocycles. The van der Waals surface area contributed by atoms with Crippen LogP contribution in [0.2, 0.25) is 0 Å². The normalized spacial score (nSPS) is 15.0. The molecule has 0 amide bonds. The van der Waals surface area contributed by atoms with Crippen molar-refractivity contribution in [3.05, 3.63) is 24.3 Å². The van der Waals surface area contributed by atoms with E-state index >= 15 is 0 Å². The molecule has 0 aliphatic carbocycles. The number of aromatic nitrogens is 5. The molecule has 1 fully saturated rings. The number of nitrogen functional groups attached to an aromatic ring is 2. The number of anilines is 2. The molecule has 4 heterocycles. The van der Waals surface area contributed by atoms with Crippen LogP contribution in [0.25, 0.3) is 22.2 Å². The molecule has 0 spiro atoms. The Labute approximate surface area is 132 Å². The molecule has 1 saturated heterocycles. The number of aryl methyl sites for hydroxylation is 1. The second-order valence-electron chi connectivity index (χ2n) is 5.56. The van der Waals surface area contributed by atoms with Gasteiger partial charge in [-0.25, -0.2) is 15.0 Å². The Balaban J connectivity index is 1.87. The second-order valence-corrected chi connectivity index (χ2v) is 5.56. The van der Waals surface area contributed by atoms with Gasteiger partial charge in [-0.1, -0.05) is 6.92 Å². The summed E-state index contributed by atoms with van der Waals surface area (Å²) in [6, 6.07) is 0.291. The van der Waals surface area contributed by atoms with Crippen molar-refractivity contribution in [2.75, 3.05) is 24.7 Å². The van der Waals surface area contributed by atoms with Crippen LogP contribution in [0, 0.1) is 0 Å². The fourth-order valence-electron chi connectivity index (χ4n) is 2.63. The first-order chi connectivity index (χ1) is 11.2. The van der Waals surface area contributed by atoms with E-state index < -0.39 is 0 Å². The molecule has 4 N–H and O–H groups in total. The number of hydrogen-bond donors (Lipinski definition) is 2. The maximum absolute atomic E-state index is 6.01. The van der Waals surface area contributed by atoms with Gasteiger partial charge in [0.15, 0.2) is 5.82 Å². The van der Waals surface area contributed by atoms with Crippen LogP contribution >= 0.6 is 0 Å². The van der Waals surface area contributed by atoms with E-state index in [0.717, 1.165) is 16.8 Å². The summed E-state index contributed by atoms with van der Waals surface area (Å²) >= 11 is 0. The molecule has 8 nitrogen and oxygen atoms in total. The van der Waals surface area contributed by atoms with Crippen LogP contribution < -0.4 is 11.5 Å². The quantitative estimate of drug-likeness (QED) is 0.745. The van der Waals surface area contributed by atoms with Crippen molar-refractivity contribution in [3.8, 4) is 11.1 Å². The third kappa shape index (κ3) is 2.18. The maximum Gasteiger partial charge on any atom is 0.151 e. The van der Waals surface area contributed by atoms with Crippen molar-refractivity contribution in [1.29, 1.82) is 0 Å². The van der Waals surface area contributed by atoms with Gasteiger partial charge in [0, 0.05) is 23.5 Å². The van der Waals surface area contributed by atoms with Crippen LogP contribution in [0.3, 0.4) is 0 Å². The minimum absolute atomic E-state index is 0.291. The summed E-state index contributed by atoms with van der Waals surface area (Å²) in [5.41, 5.74) is 15.7. The first kappa shape index (κ1) is 13.9. The molecule has 0 bridgehead atoms. The van der Waals surface area contributed by atoms with Gasteiger partial charge in [0.25, 0.3) is 0 Å². The third-order valence-electron chi connectivity index (χ3n) is 4.07. The van der Waals surface area contributed by atoms with Crippen LogP contribution in [0.4, 0.5) is 11.6 Å². The van der Waals surface area contributed by atoms with Gasteiger partial charge in [-0.2, -0.15) is 5.10 Å². The van der Waals surface area contributed by atoms with Crippen LogP contribution in [-0.4, -0.2) is 37.9 Å². The highest BCUT2D eigenvalue weighted by Gasteiger charge is 2.22. The molecule has 3 aromatic rings. The Bertz CT molecular complexity index is 885. The fourth-order valence-corrected chi connectivity index (χ4v) is 2.63. The monoisotopic (exact) mass is 311 g/mol. The van der Waals surface area contributed by atoms with Gasteiger partial charge >= 0.3 is 0 Å². The molecule has 0 unspecified atom stereocenters. The smallest absolute Gasteiger partial charge is 0.151 e. The predicted molar refractivity (Wildman–Crippen MR) is 86.6 cm³/mol. The lowest BCUT2D eigenvalue weighted by atomic mass is 10.1. The number of fused-ring (bicyclic) bond motifs is 1. The molecule has 0 saturated carbocycles. The van der Waals surface area contributed by atoms with Crippen molar-refractivity contribution in [3.63, 3.8) is 0 Å². The first-order valence-electron chi connectivity index (χ1n) is 7.50. The lowest BCUT2D eigenvalue weighted by Gasteiger charge is -2.25. The van der Waals surface area contributed by atoms with Crippen molar-refractivity contribution in [1.82, 2.24) is 24.7 Å². The molecular formula is C15H17N7O. The molecule has 0 aromatic carbocycles. The largest absolute Gasteiger partial charge is 0.382 e. The molecular weight excluding hydrogens is 294 g/mol. The minimum Gasteiger partial charge on any atom is -0.382 e. The second kappa shape index (κ2) is 5.17. The highest BCUT2D eigenvalue weighted by molar-refractivity contribution is 5.96. The van der Waals surface area contributed by atoms with Gasteiger partial charge in [-0.15, -0.1) is 0 Å². The number of ether oxygens (including phenoxy) is 1. The molecule has 23 heavy (non-hydrogen) atoms. The molecule has 1 aliphatic rings. The molecule has 8 heteroatoms. The van der Waals surface area contributed by atoms with E-state index in [0.29, 0.717) is 48.3 Å². The Hall–Kier alpha value is -2.74. The number of nitrogens with zero attached hydrogens (tertiary/aromatic N) is 5. The van der Waals surface area contributed by atoms with E-state index in [4.69, 9.17) is 16.2 Å². The molecule has 0 atom stereocenters. The zero-order chi connectivity index (χ0) is 16.0. The van der Waals surface area contributed by atoms with E-state index in [9.17, 15) is 0 Å². The van der Waals surface area contributed by atoms with Crippen molar-refractivity contribution in [2.24, 2.45) is 0 Å². The van der Waals surface area contributed by atoms with E-state index in [1.807, 2.05) is 17.8 Å². The Kier molecular flexibility index (Phi) is 3.12. The van der Waals surface area contributed by atoms with Gasteiger partial charge in [0.2, 0.25) is 0 Å². The van der Waals surface area contributed by atoms with Crippen molar-refractivity contribution in [2.45, 2.75) is 19.4 Å². The van der Waals surface area contributed by atoms with Gasteiger partial charge < -0.3 is 16.2 Å². The summed E-state index contributed by atoms with van der Waals surface area (Å²) in [7, 11) is 0. The predicted octanol–water partition coefficient (Wildman–Crippen LogP) is 1.19. The zero-order valence-electron chi connectivity index (χ0n) is 12.7. The average Bonchev–Trinajstić information content (AvgIpc) is 2.94. The van der Waals surface area contributed by atoms with Crippen molar-refractivity contribution < 1.29 is 4.74 Å². The molecule has 0 radical (unpaired) electrons. The summed E-state index contributed by atoms with van der Waals surface area (Å²) in [5, 5.41) is 4.40. The van der Waals surface area contributed by atoms with Crippen LogP contribution in [0.15, 0.2) is 18.6 Å². The lowest BCUT2D eigenvalue weighted by Crippen LogP contribution is -2.30. The van der Waals surface area contributed by atoms with Crippen LogP contribution in [0.5, 0.6) is 0 Å². The topological polar surface area (TPSA) is 118 Å². The summed E-state index contributed by atoms with van der Waals surface area (Å²) < 4.78 is 7.10. The first-order valence-corrected chi connectivity index (χ1v) is 7.50. The van der Waals surface area contributed by atoms with Gasteiger partial charge in [0.05, 0.1) is 31.1 Å². The number of hydrogen-bond acceptors (Lipinski definition) is 7.